The van der Waals surface area contributed by atoms with Crippen molar-refractivity contribution in [2.75, 3.05) is 19.0 Å². The Morgan fingerprint density at radius 1 is 1.03 bits per heavy atom. The number of nitrogens with one attached hydrogen (secondary N) is 1. The number of hydrogen-bond acceptors (Lipinski definition) is 7. The first kappa shape index (κ1) is 27.0. The molecule has 2 N–H and O–H groups in total. The minimum absolute atomic E-state index is 0.181. The number of benzene rings is 3. The van der Waals surface area contributed by atoms with Crippen molar-refractivity contribution in [3.63, 3.8) is 0 Å². The van der Waals surface area contributed by atoms with Gasteiger partial charge in [0.1, 0.15) is 13.2 Å². The Morgan fingerprint density at radius 3 is 2.39 bits per heavy atom. The number of carbonyl (C=O) groups is 4. The van der Waals surface area contributed by atoms with Crippen LogP contribution in [0.3, 0.4) is 0 Å². The summed E-state index contributed by atoms with van der Waals surface area (Å²) < 4.78 is 12.1. The molecule has 194 valence electrons. The fraction of sp³-hybridized carbons (Fsp3) is 0.111. The Morgan fingerprint density at radius 2 is 1.74 bits per heavy atom. The fourth-order valence-electron chi connectivity index (χ4n) is 3.46. The van der Waals surface area contributed by atoms with E-state index in [-0.39, 0.29) is 17.1 Å². The van der Waals surface area contributed by atoms with Crippen LogP contribution < -0.4 is 14.8 Å². The summed E-state index contributed by atoms with van der Waals surface area (Å²) in [4.78, 5) is 49.7. The highest BCUT2D eigenvalue weighted by molar-refractivity contribution is 9.10. The average Bonchev–Trinajstić information content (AvgIpc) is 3.16. The topological polar surface area (TPSA) is 122 Å². The number of nitrogens with zero attached hydrogens (tertiary/aromatic N) is 1. The van der Waals surface area contributed by atoms with Crippen LogP contribution in [0.25, 0.3) is 6.08 Å². The Hall–Kier alpha value is -4.09. The highest BCUT2D eigenvalue weighted by atomic mass is 79.9. The largest absolute Gasteiger partial charge is 0.493 e. The van der Waals surface area contributed by atoms with Gasteiger partial charge in [-0.2, -0.15) is 0 Å². The number of hydrogen-bond donors (Lipinski definition) is 2. The van der Waals surface area contributed by atoms with Crippen molar-refractivity contribution >= 4 is 62.5 Å². The third-order valence-electron chi connectivity index (χ3n) is 5.38. The van der Waals surface area contributed by atoms with E-state index in [9.17, 15) is 19.2 Å². The summed E-state index contributed by atoms with van der Waals surface area (Å²) in [6.45, 7) is -0.210. The summed E-state index contributed by atoms with van der Waals surface area (Å²) >= 11 is 4.07. The molecule has 0 saturated carbocycles. The van der Waals surface area contributed by atoms with Gasteiger partial charge >= 0.3 is 5.97 Å². The van der Waals surface area contributed by atoms with Crippen LogP contribution in [0, 0.1) is 0 Å². The van der Waals surface area contributed by atoms with Gasteiger partial charge in [0.2, 0.25) is 5.91 Å². The number of aromatic carboxylic acids is 1. The zero-order chi connectivity index (χ0) is 27.2. The number of carboxylic acid groups (broad SMARTS) is 1. The summed E-state index contributed by atoms with van der Waals surface area (Å²) in [7, 11) is 1.48. The Bertz CT molecular complexity index is 1420. The Kier molecular flexibility index (Phi) is 8.49. The van der Waals surface area contributed by atoms with Crippen molar-refractivity contribution in [3.05, 3.63) is 92.8 Å². The number of imide groups is 1. The first-order valence-electron chi connectivity index (χ1n) is 11.2. The van der Waals surface area contributed by atoms with E-state index < -0.39 is 29.6 Å². The molecule has 0 radical (unpaired) electrons. The number of carbonyl (C=O) groups excluding carboxylic acids is 3. The normalized spacial score (nSPS) is 14.1. The molecule has 0 aromatic heterocycles. The first-order valence-corrected chi connectivity index (χ1v) is 12.8. The molecule has 1 aliphatic heterocycles. The van der Waals surface area contributed by atoms with Gasteiger partial charge in [0.05, 0.1) is 17.6 Å². The van der Waals surface area contributed by atoms with Crippen molar-refractivity contribution < 1.29 is 33.8 Å². The smallest absolute Gasteiger partial charge is 0.335 e. The lowest BCUT2D eigenvalue weighted by Gasteiger charge is -2.13. The molecule has 0 spiro atoms. The molecule has 1 aliphatic rings. The SMILES string of the molecule is COc1cc(/C=C2\SC(=O)N(CC(=O)Nc3ccc(Br)cc3)C2=O)ccc1OCc1ccc(C(=O)O)cc1. The van der Waals surface area contributed by atoms with Gasteiger partial charge in [-0.05, 0) is 77.5 Å². The highest BCUT2D eigenvalue weighted by Crippen LogP contribution is 2.34. The number of ether oxygens (including phenoxy) is 2. The molecule has 4 rings (SSSR count). The van der Waals surface area contributed by atoms with Gasteiger partial charge in [-0.25, -0.2) is 4.79 Å². The Balaban J connectivity index is 1.41. The maximum absolute atomic E-state index is 12.8. The highest BCUT2D eigenvalue weighted by Gasteiger charge is 2.36. The number of carboxylic acids is 1. The van der Waals surface area contributed by atoms with Gasteiger partial charge in [-0.1, -0.05) is 34.1 Å². The predicted molar refractivity (Wildman–Crippen MR) is 146 cm³/mol. The van der Waals surface area contributed by atoms with E-state index in [1.165, 1.54) is 19.2 Å². The summed E-state index contributed by atoms with van der Waals surface area (Å²) in [5.74, 6) is -1.19. The summed E-state index contributed by atoms with van der Waals surface area (Å²) in [6.07, 6.45) is 1.55. The van der Waals surface area contributed by atoms with Gasteiger partial charge in [-0.3, -0.25) is 19.3 Å². The number of amides is 3. The number of methoxy groups -OCH3 is 1. The second kappa shape index (κ2) is 12.0. The molecular weight excluding hydrogens is 576 g/mol. The zero-order valence-corrected chi connectivity index (χ0v) is 22.4. The molecule has 1 saturated heterocycles. The number of thioether (sulfide) groups is 1. The fourth-order valence-corrected chi connectivity index (χ4v) is 4.57. The van der Waals surface area contributed by atoms with Crippen molar-refractivity contribution in [2.45, 2.75) is 6.61 Å². The molecule has 38 heavy (non-hydrogen) atoms. The third-order valence-corrected chi connectivity index (χ3v) is 6.82. The van der Waals surface area contributed by atoms with Crippen molar-refractivity contribution in [1.29, 1.82) is 0 Å². The average molecular weight is 597 g/mol. The lowest BCUT2D eigenvalue weighted by Crippen LogP contribution is -2.36. The van der Waals surface area contributed by atoms with Gasteiger partial charge in [-0.15, -0.1) is 0 Å². The zero-order valence-electron chi connectivity index (χ0n) is 20.0. The van der Waals surface area contributed by atoms with Crippen LogP contribution in [0.4, 0.5) is 10.5 Å². The summed E-state index contributed by atoms with van der Waals surface area (Å²) in [5.41, 5.74) is 2.11. The Labute approximate surface area is 230 Å². The van der Waals surface area contributed by atoms with E-state index in [0.29, 0.717) is 22.7 Å². The maximum Gasteiger partial charge on any atom is 0.335 e. The van der Waals surface area contributed by atoms with Crippen LogP contribution in [-0.2, 0) is 16.2 Å². The van der Waals surface area contributed by atoms with E-state index in [1.807, 2.05) is 0 Å². The first-order chi connectivity index (χ1) is 18.2. The van der Waals surface area contributed by atoms with E-state index >= 15 is 0 Å². The molecule has 3 aromatic carbocycles. The number of anilines is 1. The molecule has 3 amide bonds. The van der Waals surface area contributed by atoms with Gasteiger partial charge in [0.15, 0.2) is 11.5 Å². The molecule has 1 fully saturated rings. The summed E-state index contributed by atoms with van der Waals surface area (Å²) in [5, 5.41) is 11.1. The van der Waals surface area contributed by atoms with Crippen LogP contribution >= 0.6 is 27.7 Å². The molecule has 1 heterocycles. The second-order valence-corrected chi connectivity index (χ2v) is 9.93. The lowest BCUT2D eigenvalue weighted by molar-refractivity contribution is -0.127. The van der Waals surface area contributed by atoms with Crippen LogP contribution in [-0.4, -0.2) is 46.7 Å². The maximum atomic E-state index is 12.8. The monoisotopic (exact) mass is 596 g/mol. The van der Waals surface area contributed by atoms with Crippen molar-refractivity contribution in [1.82, 2.24) is 4.90 Å². The second-order valence-electron chi connectivity index (χ2n) is 8.02. The van der Waals surface area contributed by atoms with Gasteiger partial charge < -0.3 is 19.9 Å². The van der Waals surface area contributed by atoms with Crippen molar-refractivity contribution in [3.8, 4) is 11.5 Å². The number of rotatable bonds is 9. The van der Waals surface area contributed by atoms with Crippen molar-refractivity contribution in [2.24, 2.45) is 0 Å². The summed E-state index contributed by atoms with van der Waals surface area (Å²) in [6, 6.07) is 18.3. The van der Waals surface area contributed by atoms with E-state index in [1.54, 1.807) is 60.7 Å². The molecule has 9 nitrogen and oxygen atoms in total. The van der Waals surface area contributed by atoms with E-state index in [0.717, 1.165) is 26.7 Å². The molecule has 11 heteroatoms. The molecular formula is C27H21BrN2O7S. The van der Waals surface area contributed by atoms with E-state index in [4.69, 9.17) is 14.6 Å². The molecule has 0 bridgehead atoms. The van der Waals surface area contributed by atoms with Crippen LogP contribution in [0.5, 0.6) is 11.5 Å². The van der Waals surface area contributed by atoms with Crippen LogP contribution in [0.1, 0.15) is 21.5 Å². The molecule has 0 atom stereocenters. The minimum Gasteiger partial charge on any atom is -0.493 e. The number of halogens is 1. The van der Waals surface area contributed by atoms with E-state index in [2.05, 4.69) is 21.2 Å². The molecule has 0 unspecified atom stereocenters. The van der Waals surface area contributed by atoms with Crippen LogP contribution in [0.2, 0.25) is 0 Å². The van der Waals surface area contributed by atoms with Gasteiger partial charge in [0, 0.05) is 10.2 Å². The lowest BCUT2D eigenvalue weighted by atomic mass is 10.1. The predicted octanol–water partition coefficient (Wildman–Crippen LogP) is 5.41. The standard InChI is InChI=1S/C27H21BrN2O7S/c1-36-22-12-17(4-11-21(22)37-15-16-2-5-18(6-3-16)26(33)34)13-23-25(32)30(27(35)38-23)14-24(31)29-20-9-7-19(28)8-10-20/h2-13H,14-15H2,1H3,(H,29,31)(H,33,34)/b23-13-. The quantitative estimate of drug-likeness (QED) is 0.314. The van der Waals surface area contributed by atoms with Gasteiger partial charge in [0.25, 0.3) is 11.1 Å². The molecule has 3 aromatic rings. The minimum atomic E-state index is -1.00. The van der Waals surface area contributed by atoms with Crippen LogP contribution in [0.15, 0.2) is 76.1 Å². The molecule has 0 aliphatic carbocycles. The third kappa shape index (κ3) is 6.61.